The van der Waals surface area contributed by atoms with Gasteiger partial charge in [0.2, 0.25) is 11.9 Å². The molecule has 3 rings (SSSR count). The van der Waals surface area contributed by atoms with E-state index in [1.54, 1.807) is 6.07 Å². The Bertz CT molecular complexity index is 933. The number of anilines is 2. The van der Waals surface area contributed by atoms with Crippen LogP contribution in [0.2, 0.25) is 5.02 Å². The first kappa shape index (κ1) is 23.3. The maximum atomic E-state index is 13.4. The lowest BCUT2D eigenvalue weighted by Crippen LogP contribution is -2.41. The minimum absolute atomic E-state index is 0.00830. The van der Waals surface area contributed by atoms with E-state index in [4.69, 9.17) is 28.6 Å². The van der Waals surface area contributed by atoms with Gasteiger partial charge in [-0.2, -0.15) is 0 Å². The minimum Gasteiger partial charge on any atom is -0.379 e. The average Bonchev–Trinajstić information content (AvgIpc) is 2.70. The van der Waals surface area contributed by atoms with E-state index in [2.05, 4.69) is 35.8 Å². The first-order chi connectivity index (χ1) is 14.9. The fraction of sp³-hybridized carbons (Fsp3) is 0.400. The second-order valence-electron chi connectivity index (χ2n) is 6.99. The summed E-state index contributed by atoms with van der Waals surface area (Å²) in [7, 11) is 0. The second-order valence-corrected chi connectivity index (χ2v) is 7.81. The van der Waals surface area contributed by atoms with E-state index < -0.39 is 5.82 Å². The summed E-state index contributed by atoms with van der Waals surface area (Å²) in [6, 6.07) is 6.16. The van der Waals surface area contributed by atoms with Crippen molar-refractivity contribution in [2.45, 2.75) is 13.8 Å². The Morgan fingerprint density at radius 1 is 1.19 bits per heavy atom. The van der Waals surface area contributed by atoms with E-state index in [-0.39, 0.29) is 10.1 Å². The third kappa shape index (κ3) is 7.66. The highest BCUT2D eigenvalue weighted by Gasteiger charge is 2.11. The first-order valence-corrected chi connectivity index (χ1v) is 10.6. The third-order valence-electron chi connectivity index (χ3n) is 4.41. The quantitative estimate of drug-likeness (QED) is 0.353. The molecule has 0 saturated carbocycles. The highest BCUT2D eigenvalue weighted by molar-refractivity contribution is 7.80. The monoisotopic (exact) mass is 465 g/mol. The Morgan fingerprint density at radius 3 is 2.58 bits per heavy atom. The van der Waals surface area contributed by atoms with Crippen LogP contribution in [0.3, 0.4) is 0 Å². The molecule has 1 aliphatic rings. The summed E-state index contributed by atoms with van der Waals surface area (Å²) in [5, 5.41) is 9.37. The molecule has 0 aliphatic carbocycles. The number of nitrogens with one attached hydrogen (secondary N) is 3. The molecule has 1 fully saturated rings. The number of aromatic nitrogens is 2. The number of benzene rings is 1. The van der Waals surface area contributed by atoms with Crippen LogP contribution in [-0.4, -0.2) is 65.3 Å². The lowest BCUT2D eigenvalue weighted by Gasteiger charge is -2.25. The van der Waals surface area contributed by atoms with Crippen molar-refractivity contribution in [3.8, 4) is 0 Å². The van der Waals surface area contributed by atoms with Crippen molar-refractivity contribution in [1.82, 2.24) is 20.2 Å². The normalized spacial score (nSPS) is 14.9. The Kier molecular flexibility index (Phi) is 8.47. The molecule has 0 atom stereocenters. The smallest absolute Gasteiger partial charge is 0.229 e. The van der Waals surface area contributed by atoms with Crippen molar-refractivity contribution in [3.63, 3.8) is 0 Å². The number of hydrogen-bond donors (Lipinski definition) is 3. The number of thiocarbonyl (C=S) groups is 1. The molecule has 0 amide bonds. The van der Waals surface area contributed by atoms with Gasteiger partial charge in [-0.25, -0.2) is 14.4 Å². The van der Waals surface area contributed by atoms with Gasteiger partial charge in [0.1, 0.15) is 5.82 Å². The molecule has 0 bridgehead atoms. The molecular weight excluding hydrogens is 441 g/mol. The molecule has 3 N–H and O–H groups in total. The fourth-order valence-corrected chi connectivity index (χ4v) is 3.36. The number of hydrogen-bond acceptors (Lipinski definition) is 6. The maximum absolute atomic E-state index is 13.4. The van der Waals surface area contributed by atoms with Gasteiger partial charge in [0.05, 0.1) is 24.8 Å². The van der Waals surface area contributed by atoms with Gasteiger partial charge < -0.3 is 15.4 Å². The zero-order valence-electron chi connectivity index (χ0n) is 17.4. The van der Waals surface area contributed by atoms with Crippen LogP contribution in [-0.2, 0) is 4.74 Å². The molecule has 1 aliphatic heterocycles. The molecule has 166 valence electrons. The Balaban J connectivity index is 1.67. The lowest BCUT2D eigenvalue weighted by atomic mass is 10.3. The van der Waals surface area contributed by atoms with Gasteiger partial charge in [-0.1, -0.05) is 11.6 Å². The topological polar surface area (TPSA) is 86.7 Å². The number of guanidine groups is 1. The van der Waals surface area contributed by atoms with Crippen molar-refractivity contribution in [2.24, 2.45) is 4.99 Å². The summed E-state index contributed by atoms with van der Waals surface area (Å²) in [5.41, 5.74) is 2.23. The number of aliphatic imine (C=N–C) groups is 1. The van der Waals surface area contributed by atoms with Crippen molar-refractivity contribution in [3.05, 3.63) is 46.5 Å². The fourth-order valence-electron chi connectivity index (χ4n) is 2.97. The SMILES string of the molecule is Cc1cc(C)nc(NC(=NCCN2CCOCC2)NC(=S)Nc2ccc(F)c(Cl)c2)n1. The van der Waals surface area contributed by atoms with Gasteiger partial charge in [-0.05, 0) is 50.3 Å². The summed E-state index contributed by atoms with van der Waals surface area (Å²) in [5.74, 6) is 0.330. The van der Waals surface area contributed by atoms with Gasteiger partial charge in [-0.15, -0.1) is 0 Å². The molecule has 0 unspecified atom stereocenters. The van der Waals surface area contributed by atoms with E-state index in [9.17, 15) is 4.39 Å². The Morgan fingerprint density at radius 2 is 1.90 bits per heavy atom. The lowest BCUT2D eigenvalue weighted by molar-refractivity contribution is 0.0394. The largest absolute Gasteiger partial charge is 0.379 e. The van der Waals surface area contributed by atoms with Gasteiger partial charge in [0.15, 0.2) is 5.11 Å². The second kappa shape index (κ2) is 11.3. The third-order valence-corrected chi connectivity index (χ3v) is 4.91. The molecule has 8 nitrogen and oxygen atoms in total. The molecule has 1 aromatic heterocycles. The average molecular weight is 466 g/mol. The number of morpholine rings is 1. The molecule has 11 heteroatoms. The molecule has 1 saturated heterocycles. The molecule has 2 aromatic rings. The van der Waals surface area contributed by atoms with E-state index in [0.29, 0.717) is 24.1 Å². The molecule has 2 heterocycles. The van der Waals surface area contributed by atoms with E-state index in [1.807, 2.05) is 19.9 Å². The van der Waals surface area contributed by atoms with Crippen molar-refractivity contribution in [2.75, 3.05) is 50.0 Å². The molecule has 0 radical (unpaired) electrons. The zero-order chi connectivity index (χ0) is 22.2. The first-order valence-electron chi connectivity index (χ1n) is 9.86. The number of rotatable bonds is 5. The standard InChI is InChI=1S/C20H25ClFN7OS/c1-13-11-14(2)25-19(24-13)27-18(23-5-6-29-7-9-30-10-8-29)28-20(31)26-15-3-4-17(22)16(21)12-15/h3-4,11-12H,5-10H2,1-2H3,(H3,23,24,25,26,27,28,31). The van der Waals surface area contributed by atoms with Crippen LogP contribution in [0.5, 0.6) is 0 Å². The van der Waals surface area contributed by atoms with Gasteiger partial charge in [-0.3, -0.25) is 15.2 Å². The highest BCUT2D eigenvalue weighted by atomic mass is 35.5. The van der Waals surface area contributed by atoms with Crippen molar-refractivity contribution < 1.29 is 9.13 Å². The van der Waals surface area contributed by atoms with E-state index in [1.165, 1.54) is 12.1 Å². The van der Waals surface area contributed by atoms with Crippen molar-refractivity contribution >= 4 is 46.5 Å². The van der Waals surface area contributed by atoms with E-state index >= 15 is 0 Å². The Labute approximate surface area is 191 Å². The summed E-state index contributed by atoms with van der Waals surface area (Å²) in [6.07, 6.45) is 0. The summed E-state index contributed by atoms with van der Waals surface area (Å²) >= 11 is 11.2. The van der Waals surface area contributed by atoms with Crippen LogP contribution in [0.15, 0.2) is 29.3 Å². The summed E-state index contributed by atoms with van der Waals surface area (Å²) in [4.78, 5) is 15.7. The van der Waals surface area contributed by atoms with Crippen LogP contribution in [0.1, 0.15) is 11.4 Å². The number of nitrogens with zero attached hydrogens (tertiary/aromatic N) is 4. The minimum atomic E-state index is -0.495. The van der Waals surface area contributed by atoms with Crippen LogP contribution >= 0.6 is 23.8 Å². The number of ether oxygens (including phenoxy) is 1. The van der Waals surface area contributed by atoms with Crippen LogP contribution in [0.25, 0.3) is 0 Å². The predicted octanol–water partition coefficient (Wildman–Crippen LogP) is 2.97. The molecule has 1 aromatic carbocycles. The maximum Gasteiger partial charge on any atom is 0.229 e. The summed E-state index contributed by atoms with van der Waals surface area (Å²) < 4.78 is 18.8. The van der Waals surface area contributed by atoms with Gasteiger partial charge in [0, 0.05) is 36.7 Å². The van der Waals surface area contributed by atoms with Crippen LogP contribution < -0.4 is 16.0 Å². The molecule has 31 heavy (non-hydrogen) atoms. The van der Waals surface area contributed by atoms with Crippen LogP contribution in [0, 0.1) is 19.7 Å². The highest BCUT2D eigenvalue weighted by Crippen LogP contribution is 2.19. The van der Waals surface area contributed by atoms with Crippen molar-refractivity contribution in [1.29, 1.82) is 0 Å². The Hall–Kier alpha value is -2.40. The van der Waals surface area contributed by atoms with E-state index in [0.717, 1.165) is 44.2 Å². The predicted molar refractivity (Wildman–Crippen MR) is 125 cm³/mol. The number of halogens is 2. The number of aryl methyl sites for hydroxylation is 2. The molecule has 0 spiro atoms. The molecular formula is C20H25ClFN7OS. The van der Waals surface area contributed by atoms with Gasteiger partial charge >= 0.3 is 0 Å². The van der Waals surface area contributed by atoms with Crippen LogP contribution in [0.4, 0.5) is 16.0 Å². The zero-order valence-corrected chi connectivity index (χ0v) is 19.0. The van der Waals surface area contributed by atoms with Gasteiger partial charge in [0.25, 0.3) is 0 Å². The summed E-state index contributed by atoms with van der Waals surface area (Å²) in [6.45, 7) is 8.37.